The molecule has 0 heterocycles. The van der Waals surface area contributed by atoms with Crippen LogP contribution in [0.5, 0.6) is 11.5 Å². The molecule has 0 saturated heterocycles. The highest BCUT2D eigenvalue weighted by atomic mass is 16.5. The maximum atomic E-state index is 12.2. The second-order valence-corrected chi connectivity index (χ2v) is 4.32. The minimum absolute atomic E-state index is 0. The third kappa shape index (κ3) is 4.78. The van der Waals surface area contributed by atoms with Crippen LogP contribution in [-0.2, 0) is 11.2 Å². The summed E-state index contributed by atoms with van der Waals surface area (Å²) in [5.74, 6) is -0.759. The number of ether oxygens (including phenoxy) is 1. The van der Waals surface area contributed by atoms with E-state index < -0.39 is 5.97 Å². The molecular weight excluding hydrogens is 258 g/mol. The normalized spacial score (nSPS) is 9.95. The number of allylic oxidation sites excluding steroid dienone is 2. The highest BCUT2D eigenvalue weighted by Gasteiger charge is 2.05. The number of hydrogen-bond donors (Lipinski definition) is 2. The first-order chi connectivity index (χ1) is 8.95. The number of carbonyl (C=O) groups is 1. The lowest BCUT2D eigenvalue weighted by Gasteiger charge is -2.19. The molecule has 0 amide bonds. The molecular formula is C15H21NO4. The van der Waals surface area contributed by atoms with E-state index in [0.717, 1.165) is 11.6 Å². The van der Waals surface area contributed by atoms with Crippen molar-refractivity contribution in [2.45, 2.75) is 20.3 Å². The second kappa shape index (κ2) is 8.01. The molecule has 0 spiro atoms. The van der Waals surface area contributed by atoms with E-state index in [9.17, 15) is 9.90 Å². The molecule has 0 aliphatic heterocycles. The van der Waals surface area contributed by atoms with Crippen molar-refractivity contribution in [3.63, 3.8) is 0 Å². The van der Waals surface area contributed by atoms with Gasteiger partial charge in [-0.25, -0.2) is 4.79 Å². The minimum atomic E-state index is -1.08. The molecule has 20 heavy (non-hydrogen) atoms. The molecule has 0 fully saturated rings. The van der Waals surface area contributed by atoms with E-state index in [4.69, 9.17) is 9.84 Å². The summed E-state index contributed by atoms with van der Waals surface area (Å²) in [5.41, 5.74) is 1.99. The van der Waals surface area contributed by atoms with Crippen LogP contribution in [0.25, 0.3) is 6.08 Å². The molecule has 0 aromatic heterocycles. The Balaban J connectivity index is 0.00000361. The van der Waals surface area contributed by atoms with Crippen LogP contribution in [0.3, 0.4) is 0 Å². The van der Waals surface area contributed by atoms with E-state index in [1.807, 2.05) is 19.9 Å². The van der Waals surface area contributed by atoms with Crippen molar-refractivity contribution in [2.24, 2.45) is 0 Å². The van der Waals surface area contributed by atoms with Crippen LogP contribution in [0.1, 0.15) is 25.0 Å². The quantitative estimate of drug-likeness (QED) is 0.638. The van der Waals surface area contributed by atoms with E-state index in [0.29, 0.717) is 23.3 Å². The van der Waals surface area contributed by atoms with Crippen LogP contribution in [0, 0.1) is 0 Å². The largest absolute Gasteiger partial charge is 0.872 e. The van der Waals surface area contributed by atoms with Gasteiger partial charge in [0, 0.05) is 6.08 Å². The zero-order valence-electron chi connectivity index (χ0n) is 12.3. The lowest BCUT2D eigenvalue weighted by molar-refractivity contribution is -0.269. The van der Waals surface area contributed by atoms with Crippen molar-refractivity contribution in [3.8, 4) is 11.5 Å². The van der Waals surface area contributed by atoms with Gasteiger partial charge in [0.1, 0.15) is 5.75 Å². The number of carboxylic acids is 1. The number of methoxy groups -OCH3 is 1. The molecule has 1 rings (SSSR count). The summed E-state index contributed by atoms with van der Waals surface area (Å²) < 4.78 is 5.17. The summed E-state index contributed by atoms with van der Waals surface area (Å²) in [5, 5.41) is 20.8. The first-order valence-electron chi connectivity index (χ1n) is 5.87. The molecule has 0 radical (unpaired) electrons. The third-order valence-electron chi connectivity index (χ3n) is 2.59. The van der Waals surface area contributed by atoms with Gasteiger partial charge < -0.3 is 21.1 Å². The summed E-state index contributed by atoms with van der Waals surface area (Å²) in [6.45, 7) is 3.90. The zero-order valence-corrected chi connectivity index (χ0v) is 12.3. The lowest BCUT2D eigenvalue weighted by atomic mass is 10.0. The summed E-state index contributed by atoms with van der Waals surface area (Å²) in [4.78, 5) is 10.5. The molecule has 0 bridgehead atoms. The predicted molar refractivity (Wildman–Crippen MR) is 78.2 cm³/mol. The van der Waals surface area contributed by atoms with Gasteiger partial charge in [-0.2, -0.15) is 0 Å². The Kier molecular flexibility index (Phi) is 7.10. The number of aliphatic carboxylic acids is 1. The van der Waals surface area contributed by atoms with Crippen molar-refractivity contribution >= 4 is 12.0 Å². The Labute approximate surface area is 118 Å². The van der Waals surface area contributed by atoms with E-state index in [1.165, 1.54) is 13.2 Å². The Bertz CT molecular complexity index is 529. The van der Waals surface area contributed by atoms with Gasteiger partial charge in [-0.15, -0.1) is 0 Å². The van der Waals surface area contributed by atoms with Crippen LogP contribution in [0.4, 0.5) is 0 Å². The van der Waals surface area contributed by atoms with E-state index >= 15 is 0 Å². The van der Waals surface area contributed by atoms with Crippen molar-refractivity contribution in [3.05, 3.63) is 41.0 Å². The topological polar surface area (TPSA) is 106 Å². The summed E-state index contributed by atoms with van der Waals surface area (Å²) in [6.07, 6.45) is 4.66. The number of benzene rings is 1. The van der Waals surface area contributed by atoms with Crippen LogP contribution < -0.4 is 16.0 Å². The summed E-state index contributed by atoms with van der Waals surface area (Å²) in [7, 11) is 1.51. The van der Waals surface area contributed by atoms with Gasteiger partial charge in [0.15, 0.2) is 0 Å². The maximum Gasteiger partial charge on any atom is 0.328 e. The Morgan fingerprint density at radius 1 is 1.40 bits per heavy atom. The summed E-state index contributed by atoms with van der Waals surface area (Å²) >= 11 is 0. The average molecular weight is 279 g/mol. The van der Waals surface area contributed by atoms with Crippen LogP contribution in [0.2, 0.25) is 0 Å². The van der Waals surface area contributed by atoms with Crippen LogP contribution >= 0.6 is 0 Å². The first kappa shape index (κ1) is 17.7. The molecule has 0 aliphatic rings. The van der Waals surface area contributed by atoms with Gasteiger partial charge in [0.2, 0.25) is 0 Å². The standard InChI is InChI=1S/C15H18O4.H3N/c1-10(2)4-7-12-13(19-3)8-5-11(15(12)18)6-9-14(16)17;/h4-6,8-9,18H,7H2,1-3H3,(H,16,17);1H3/b9-6+;. The monoisotopic (exact) mass is 279 g/mol. The highest BCUT2D eigenvalue weighted by Crippen LogP contribution is 2.31. The van der Waals surface area contributed by atoms with Crippen molar-refractivity contribution < 1.29 is 19.7 Å². The number of quaternary nitrogens is 1. The van der Waals surface area contributed by atoms with Gasteiger partial charge in [0.05, 0.1) is 7.11 Å². The van der Waals surface area contributed by atoms with Gasteiger partial charge >= 0.3 is 5.97 Å². The van der Waals surface area contributed by atoms with Crippen LogP contribution in [0.15, 0.2) is 29.9 Å². The average Bonchev–Trinajstić information content (AvgIpc) is 2.35. The Hall–Kier alpha value is -2.27. The van der Waals surface area contributed by atoms with Gasteiger partial charge in [0.25, 0.3) is 0 Å². The fraction of sp³-hybridized carbons (Fsp3) is 0.267. The SMILES string of the molecule is COc1ccc(/C=C/C(=O)O)c([O-])c1CC=C(C)C.[NH4+]. The van der Waals surface area contributed by atoms with Crippen molar-refractivity contribution in [2.75, 3.05) is 7.11 Å². The van der Waals surface area contributed by atoms with Crippen LogP contribution in [-0.4, -0.2) is 18.2 Å². The van der Waals surface area contributed by atoms with Gasteiger partial charge in [-0.3, -0.25) is 0 Å². The first-order valence-corrected chi connectivity index (χ1v) is 5.87. The highest BCUT2D eigenvalue weighted by molar-refractivity contribution is 5.86. The Morgan fingerprint density at radius 3 is 2.55 bits per heavy atom. The Morgan fingerprint density at radius 2 is 2.05 bits per heavy atom. The molecule has 0 unspecified atom stereocenters. The van der Waals surface area contributed by atoms with Crippen molar-refractivity contribution in [1.82, 2.24) is 6.15 Å². The number of rotatable bonds is 5. The van der Waals surface area contributed by atoms with Crippen molar-refractivity contribution in [1.29, 1.82) is 0 Å². The number of carboxylic acid groups (broad SMARTS) is 1. The molecule has 110 valence electrons. The fourth-order valence-electron chi connectivity index (χ4n) is 1.61. The number of hydrogen-bond acceptors (Lipinski definition) is 3. The molecule has 5 heteroatoms. The molecule has 5 N–H and O–H groups in total. The molecule has 5 nitrogen and oxygen atoms in total. The lowest BCUT2D eigenvalue weighted by Crippen LogP contribution is -2.02. The molecule has 1 aromatic carbocycles. The van der Waals surface area contributed by atoms with Gasteiger partial charge in [-0.05, 0) is 43.5 Å². The van der Waals surface area contributed by atoms with E-state index in [1.54, 1.807) is 12.1 Å². The zero-order chi connectivity index (χ0) is 14.4. The second-order valence-electron chi connectivity index (χ2n) is 4.32. The molecule has 0 saturated carbocycles. The minimum Gasteiger partial charge on any atom is -0.872 e. The van der Waals surface area contributed by atoms with E-state index in [-0.39, 0.29) is 11.9 Å². The maximum absolute atomic E-state index is 12.2. The third-order valence-corrected chi connectivity index (χ3v) is 2.59. The molecule has 1 aromatic rings. The van der Waals surface area contributed by atoms with E-state index in [2.05, 4.69) is 0 Å². The summed E-state index contributed by atoms with van der Waals surface area (Å²) in [6, 6.07) is 3.24. The predicted octanol–water partition coefficient (Wildman–Crippen LogP) is 2.75. The smallest absolute Gasteiger partial charge is 0.328 e. The molecule has 0 atom stereocenters. The fourth-order valence-corrected chi connectivity index (χ4v) is 1.61. The molecule has 0 aliphatic carbocycles. The van der Waals surface area contributed by atoms with Gasteiger partial charge in [-0.1, -0.05) is 23.5 Å².